The van der Waals surface area contributed by atoms with E-state index in [4.69, 9.17) is 4.74 Å². The Hall–Kier alpha value is -1.53. The lowest BCUT2D eigenvalue weighted by molar-refractivity contribution is -0.0578. The van der Waals surface area contributed by atoms with Gasteiger partial charge >= 0.3 is 0 Å². The van der Waals surface area contributed by atoms with Gasteiger partial charge in [-0.25, -0.2) is 13.8 Å². The zero-order valence-corrected chi connectivity index (χ0v) is 10.1. The van der Waals surface area contributed by atoms with Crippen LogP contribution in [0.3, 0.4) is 0 Å². The summed E-state index contributed by atoms with van der Waals surface area (Å²) in [6, 6.07) is 8.30. The van der Waals surface area contributed by atoms with E-state index in [9.17, 15) is 19.0 Å². The maximum absolute atomic E-state index is 12.3. The molecule has 0 aromatic heterocycles. The monoisotopic (exact) mass is 271 g/mol. The summed E-state index contributed by atoms with van der Waals surface area (Å²) in [6.07, 6.45) is -5.75. The molecule has 2 rings (SSSR count). The van der Waals surface area contributed by atoms with Crippen LogP contribution in [0, 0.1) is 0 Å². The number of aliphatic hydroxyl groups excluding tert-OH is 2. The summed E-state index contributed by atoms with van der Waals surface area (Å²) in [4.78, 5) is 4.17. The number of benzene rings is 1. The lowest BCUT2D eigenvalue weighted by Crippen LogP contribution is -2.33. The first-order chi connectivity index (χ1) is 9.06. The number of aliphatic imine (C=N–C) groups is 1. The maximum Gasteiger partial charge on any atom is 0.264 e. The molecule has 1 aromatic carbocycles. The second kappa shape index (κ2) is 6.08. The Balaban J connectivity index is 2.13. The molecular weight excluding hydrogens is 256 g/mol. The Morgan fingerprint density at radius 2 is 2.00 bits per heavy atom. The molecule has 2 N–H and O–H groups in total. The van der Waals surface area contributed by atoms with Crippen molar-refractivity contribution in [1.29, 1.82) is 0 Å². The summed E-state index contributed by atoms with van der Waals surface area (Å²) in [5, 5.41) is 18.8. The highest BCUT2D eigenvalue weighted by atomic mass is 19.3. The van der Waals surface area contributed by atoms with Crippen LogP contribution >= 0.6 is 0 Å². The summed E-state index contributed by atoms with van der Waals surface area (Å²) < 4.78 is 29.8. The lowest BCUT2D eigenvalue weighted by Gasteiger charge is -2.26. The molecule has 0 bridgehead atoms. The molecule has 0 spiro atoms. The predicted octanol–water partition coefficient (Wildman–Crippen LogP) is 1.56. The van der Waals surface area contributed by atoms with Gasteiger partial charge in [-0.15, -0.1) is 0 Å². The van der Waals surface area contributed by atoms with Crippen LogP contribution in [0.1, 0.15) is 18.4 Å². The SMILES string of the molecule is OC1CC(CC(O)C(F)F)N=C(c2ccccc2)O1. The van der Waals surface area contributed by atoms with Crippen LogP contribution in [-0.2, 0) is 4.74 Å². The minimum Gasteiger partial charge on any atom is -0.448 e. The number of ether oxygens (including phenoxy) is 1. The number of halogens is 2. The van der Waals surface area contributed by atoms with E-state index in [1.54, 1.807) is 24.3 Å². The van der Waals surface area contributed by atoms with E-state index >= 15 is 0 Å². The Kier molecular flexibility index (Phi) is 4.44. The lowest BCUT2D eigenvalue weighted by atomic mass is 10.0. The van der Waals surface area contributed by atoms with Gasteiger partial charge in [-0.05, 0) is 12.1 Å². The molecule has 1 aliphatic heterocycles. The summed E-state index contributed by atoms with van der Waals surface area (Å²) in [7, 11) is 0. The molecule has 0 amide bonds. The quantitative estimate of drug-likeness (QED) is 0.873. The van der Waals surface area contributed by atoms with Crippen molar-refractivity contribution in [2.45, 2.75) is 37.7 Å². The molecule has 1 aromatic rings. The molecule has 0 fully saturated rings. The van der Waals surface area contributed by atoms with Crippen LogP contribution in [0.25, 0.3) is 0 Å². The highest BCUT2D eigenvalue weighted by Crippen LogP contribution is 2.21. The Morgan fingerprint density at radius 3 is 2.63 bits per heavy atom. The fourth-order valence-electron chi connectivity index (χ4n) is 1.91. The zero-order chi connectivity index (χ0) is 13.8. The number of aliphatic hydroxyl groups is 2. The van der Waals surface area contributed by atoms with Crippen LogP contribution in [-0.4, -0.2) is 41.0 Å². The molecule has 4 nitrogen and oxygen atoms in total. The van der Waals surface area contributed by atoms with Crippen molar-refractivity contribution in [3.05, 3.63) is 35.9 Å². The Bertz CT molecular complexity index is 439. The molecule has 1 aliphatic rings. The third-order valence-electron chi connectivity index (χ3n) is 2.85. The van der Waals surface area contributed by atoms with E-state index in [1.165, 1.54) is 0 Å². The summed E-state index contributed by atoms with van der Waals surface area (Å²) in [5.41, 5.74) is 0.665. The van der Waals surface area contributed by atoms with Gasteiger partial charge in [-0.3, -0.25) is 0 Å². The van der Waals surface area contributed by atoms with Gasteiger partial charge in [0.05, 0.1) is 6.04 Å². The number of alkyl halides is 2. The Labute approximate surface area is 109 Å². The first-order valence-electron chi connectivity index (χ1n) is 6.00. The topological polar surface area (TPSA) is 62.0 Å². The molecular formula is C13H15F2NO3. The Morgan fingerprint density at radius 1 is 1.32 bits per heavy atom. The van der Waals surface area contributed by atoms with E-state index < -0.39 is 24.9 Å². The molecule has 19 heavy (non-hydrogen) atoms. The van der Waals surface area contributed by atoms with Crippen molar-refractivity contribution in [2.24, 2.45) is 4.99 Å². The zero-order valence-electron chi connectivity index (χ0n) is 10.1. The van der Waals surface area contributed by atoms with E-state index in [2.05, 4.69) is 4.99 Å². The molecule has 0 radical (unpaired) electrons. The van der Waals surface area contributed by atoms with Gasteiger partial charge < -0.3 is 14.9 Å². The van der Waals surface area contributed by atoms with Gasteiger partial charge in [-0.2, -0.15) is 0 Å². The van der Waals surface area contributed by atoms with Crippen molar-refractivity contribution < 1.29 is 23.7 Å². The molecule has 0 aliphatic carbocycles. The largest absolute Gasteiger partial charge is 0.448 e. The highest BCUT2D eigenvalue weighted by molar-refractivity contribution is 5.94. The minimum absolute atomic E-state index is 0.0973. The summed E-state index contributed by atoms with van der Waals surface area (Å²) in [6.45, 7) is 0. The highest BCUT2D eigenvalue weighted by Gasteiger charge is 2.28. The summed E-state index contributed by atoms with van der Waals surface area (Å²) in [5.74, 6) is 0.214. The molecule has 1 heterocycles. The van der Waals surface area contributed by atoms with Crippen molar-refractivity contribution >= 4 is 5.90 Å². The van der Waals surface area contributed by atoms with Gasteiger partial charge in [0.15, 0.2) is 0 Å². The third-order valence-corrected chi connectivity index (χ3v) is 2.85. The van der Waals surface area contributed by atoms with E-state index in [-0.39, 0.29) is 18.7 Å². The maximum atomic E-state index is 12.3. The first kappa shape index (κ1) is 13.9. The van der Waals surface area contributed by atoms with Crippen molar-refractivity contribution in [3.8, 4) is 0 Å². The van der Waals surface area contributed by atoms with Crippen LogP contribution < -0.4 is 0 Å². The second-order valence-electron chi connectivity index (χ2n) is 4.40. The molecule has 6 heteroatoms. The van der Waals surface area contributed by atoms with Gasteiger partial charge in [0.2, 0.25) is 12.2 Å². The average Bonchev–Trinajstić information content (AvgIpc) is 2.39. The predicted molar refractivity (Wildman–Crippen MR) is 65.1 cm³/mol. The summed E-state index contributed by atoms with van der Waals surface area (Å²) >= 11 is 0. The second-order valence-corrected chi connectivity index (χ2v) is 4.40. The standard InChI is InChI=1S/C13H15F2NO3/c14-12(15)10(17)6-9-7-11(18)19-13(16-9)8-4-2-1-3-5-8/h1-5,9-12,17-18H,6-7H2. The molecule has 3 unspecified atom stereocenters. The molecule has 104 valence electrons. The molecule has 0 saturated heterocycles. The fraction of sp³-hybridized carbons (Fsp3) is 0.462. The van der Waals surface area contributed by atoms with Crippen molar-refractivity contribution in [3.63, 3.8) is 0 Å². The van der Waals surface area contributed by atoms with Gasteiger partial charge in [0, 0.05) is 18.4 Å². The molecule has 0 saturated carbocycles. The number of rotatable bonds is 4. The number of nitrogens with zero attached hydrogens (tertiary/aromatic N) is 1. The van der Waals surface area contributed by atoms with E-state index in [0.717, 1.165) is 0 Å². The van der Waals surface area contributed by atoms with Crippen LogP contribution in [0.15, 0.2) is 35.3 Å². The van der Waals surface area contributed by atoms with E-state index in [1.807, 2.05) is 6.07 Å². The van der Waals surface area contributed by atoms with Gasteiger partial charge in [-0.1, -0.05) is 18.2 Å². The number of hydrogen-bond donors (Lipinski definition) is 2. The molecule has 3 atom stereocenters. The first-order valence-corrected chi connectivity index (χ1v) is 6.00. The van der Waals surface area contributed by atoms with Gasteiger partial charge in [0.25, 0.3) is 6.43 Å². The number of hydrogen-bond acceptors (Lipinski definition) is 4. The third kappa shape index (κ3) is 3.71. The average molecular weight is 271 g/mol. The minimum atomic E-state index is -2.81. The van der Waals surface area contributed by atoms with E-state index in [0.29, 0.717) is 5.56 Å². The van der Waals surface area contributed by atoms with Crippen LogP contribution in [0.5, 0.6) is 0 Å². The normalized spacial score (nSPS) is 24.8. The van der Waals surface area contributed by atoms with Crippen molar-refractivity contribution in [2.75, 3.05) is 0 Å². The van der Waals surface area contributed by atoms with Crippen molar-refractivity contribution in [1.82, 2.24) is 0 Å². The van der Waals surface area contributed by atoms with Crippen LogP contribution in [0.2, 0.25) is 0 Å². The smallest absolute Gasteiger partial charge is 0.264 e. The van der Waals surface area contributed by atoms with Crippen LogP contribution in [0.4, 0.5) is 8.78 Å². The fourth-order valence-corrected chi connectivity index (χ4v) is 1.91. The van der Waals surface area contributed by atoms with Gasteiger partial charge in [0.1, 0.15) is 6.10 Å².